The van der Waals surface area contributed by atoms with Crippen molar-refractivity contribution in [3.8, 4) is 0 Å². The summed E-state index contributed by atoms with van der Waals surface area (Å²) in [5, 5.41) is 9.24. The first-order chi connectivity index (χ1) is 7.09. The number of hydrogen-bond donors (Lipinski definition) is 2. The maximum absolute atomic E-state index is 11.2. The van der Waals surface area contributed by atoms with Crippen LogP contribution in [0.2, 0.25) is 0 Å². The van der Waals surface area contributed by atoms with Gasteiger partial charge in [0, 0.05) is 5.92 Å². The second-order valence-electron chi connectivity index (χ2n) is 3.87. The number of rotatable bonds is 5. The number of benzene rings is 1. The fourth-order valence-electron chi connectivity index (χ4n) is 1.61. The predicted octanol–water partition coefficient (Wildman–Crippen LogP) is 1.10. The average molecular weight is 207 g/mol. The highest BCUT2D eigenvalue weighted by Gasteiger charge is 2.17. The smallest absolute Gasteiger partial charge is 0.220 e. The van der Waals surface area contributed by atoms with Crippen LogP contribution in [0.15, 0.2) is 30.3 Å². The van der Waals surface area contributed by atoms with Crippen molar-refractivity contribution >= 4 is 5.91 Å². The maximum Gasteiger partial charge on any atom is 0.220 e. The van der Waals surface area contributed by atoms with Crippen LogP contribution >= 0.6 is 0 Å². The van der Waals surface area contributed by atoms with E-state index in [1.807, 2.05) is 30.3 Å². The van der Waals surface area contributed by atoms with Crippen LogP contribution in [0.25, 0.3) is 0 Å². The third-order valence-corrected chi connectivity index (χ3v) is 2.35. The summed E-state index contributed by atoms with van der Waals surface area (Å²) in [4.78, 5) is 11.2. The molecule has 0 aromatic heterocycles. The van der Waals surface area contributed by atoms with Crippen LogP contribution in [0, 0.1) is 5.92 Å². The minimum Gasteiger partial charge on any atom is -0.393 e. The Morgan fingerprint density at radius 1 is 1.40 bits per heavy atom. The quantitative estimate of drug-likeness (QED) is 0.759. The zero-order valence-electron chi connectivity index (χ0n) is 8.89. The van der Waals surface area contributed by atoms with Crippen LogP contribution in [-0.4, -0.2) is 17.1 Å². The molecular weight excluding hydrogens is 190 g/mol. The fraction of sp³-hybridized carbons (Fsp3) is 0.417. The summed E-state index contributed by atoms with van der Waals surface area (Å²) in [6.45, 7) is 1.67. The van der Waals surface area contributed by atoms with Gasteiger partial charge in [-0.1, -0.05) is 30.3 Å². The van der Waals surface area contributed by atoms with Crippen molar-refractivity contribution < 1.29 is 9.90 Å². The summed E-state index contributed by atoms with van der Waals surface area (Å²) >= 11 is 0. The topological polar surface area (TPSA) is 63.3 Å². The van der Waals surface area contributed by atoms with Crippen LogP contribution in [0.1, 0.15) is 18.9 Å². The molecule has 1 aromatic carbocycles. The van der Waals surface area contributed by atoms with Gasteiger partial charge in [-0.2, -0.15) is 0 Å². The molecule has 0 bridgehead atoms. The van der Waals surface area contributed by atoms with Crippen LogP contribution in [0.5, 0.6) is 0 Å². The second kappa shape index (κ2) is 5.51. The van der Waals surface area contributed by atoms with Crippen LogP contribution in [0.4, 0.5) is 0 Å². The first-order valence-corrected chi connectivity index (χ1v) is 5.11. The molecule has 1 aromatic rings. The van der Waals surface area contributed by atoms with E-state index in [2.05, 4.69) is 0 Å². The molecule has 3 heteroatoms. The summed E-state index contributed by atoms with van der Waals surface area (Å²) in [6, 6.07) is 9.69. The number of aliphatic hydroxyl groups excluding tert-OH is 1. The summed E-state index contributed by atoms with van der Waals surface area (Å²) in [5.41, 5.74) is 6.35. The maximum atomic E-state index is 11.2. The van der Waals surface area contributed by atoms with E-state index in [-0.39, 0.29) is 11.8 Å². The van der Waals surface area contributed by atoms with E-state index in [0.29, 0.717) is 12.8 Å². The SMILES string of the molecule is CC(O)CC(Cc1ccccc1)C(N)=O. The van der Waals surface area contributed by atoms with E-state index in [9.17, 15) is 9.90 Å². The molecule has 3 N–H and O–H groups in total. The molecule has 0 fully saturated rings. The Morgan fingerprint density at radius 2 is 2.00 bits per heavy atom. The Hall–Kier alpha value is -1.35. The lowest BCUT2D eigenvalue weighted by Gasteiger charge is -2.14. The Balaban J connectivity index is 2.63. The standard InChI is InChI=1S/C12H17NO2/c1-9(14)7-11(12(13)15)8-10-5-3-2-4-6-10/h2-6,9,11,14H,7-8H2,1H3,(H2,13,15). The highest BCUT2D eigenvalue weighted by molar-refractivity contribution is 5.77. The molecule has 0 aliphatic heterocycles. The number of aliphatic hydroxyl groups is 1. The zero-order chi connectivity index (χ0) is 11.3. The monoisotopic (exact) mass is 207 g/mol. The van der Waals surface area contributed by atoms with Gasteiger partial charge in [0.05, 0.1) is 6.10 Å². The number of hydrogen-bond acceptors (Lipinski definition) is 2. The molecule has 82 valence electrons. The summed E-state index contributed by atoms with van der Waals surface area (Å²) in [7, 11) is 0. The normalized spacial score (nSPS) is 14.5. The molecule has 0 spiro atoms. The average Bonchev–Trinajstić information content (AvgIpc) is 2.17. The lowest BCUT2D eigenvalue weighted by molar-refractivity contribution is -0.122. The largest absolute Gasteiger partial charge is 0.393 e. The summed E-state index contributed by atoms with van der Waals surface area (Å²) in [6.07, 6.45) is 0.525. The second-order valence-corrected chi connectivity index (χ2v) is 3.87. The molecule has 0 aliphatic rings. The summed E-state index contributed by atoms with van der Waals surface area (Å²) < 4.78 is 0. The van der Waals surface area contributed by atoms with Crippen LogP contribution in [-0.2, 0) is 11.2 Å². The molecule has 1 rings (SSSR count). The first-order valence-electron chi connectivity index (χ1n) is 5.11. The van der Waals surface area contributed by atoms with Gasteiger partial charge in [0.15, 0.2) is 0 Å². The van der Waals surface area contributed by atoms with E-state index in [1.165, 1.54) is 0 Å². The summed E-state index contributed by atoms with van der Waals surface area (Å²) in [5.74, 6) is -0.632. The molecule has 0 saturated heterocycles. The van der Waals surface area contributed by atoms with E-state index in [4.69, 9.17) is 5.73 Å². The number of nitrogens with two attached hydrogens (primary N) is 1. The highest BCUT2D eigenvalue weighted by Crippen LogP contribution is 2.13. The fourth-order valence-corrected chi connectivity index (χ4v) is 1.61. The van der Waals surface area contributed by atoms with Gasteiger partial charge in [0.1, 0.15) is 0 Å². The van der Waals surface area contributed by atoms with Crippen molar-refractivity contribution in [3.63, 3.8) is 0 Å². The van der Waals surface area contributed by atoms with Gasteiger partial charge < -0.3 is 10.8 Å². The van der Waals surface area contributed by atoms with Gasteiger partial charge in [-0.05, 0) is 25.3 Å². The van der Waals surface area contributed by atoms with E-state index in [0.717, 1.165) is 5.56 Å². The Morgan fingerprint density at radius 3 is 2.47 bits per heavy atom. The van der Waals surface area contributed by atoms with Crippen LogP contribution < -0.4 is 5.73 Å². The van der Waals surface area contributed by atoms with Crippen molar-refractivity contribution in [1.29, 1.82) is 0 Å². The number of primary amides is 1. The molecule has 0 aliphatic carbocycles. The van der Waals surface area contributed by atoms with Crippen molar-refractivity contribution in [2.24, 2.45) is 11.7 Å². The highest BCUT2D eigenvalue weighted by atomic mass is 16.3. The molecule has 0 radical (unpaired) electrons. The van der Waals surface area contributed by atoms with Gasteiger partial charge in [-0.3, -0.25) is 4.79 Å². The van der Waals surface area contributed by atoms with Crippen LogP contribution in [0.3, 0.4) is 0 Å². The van der Waals surface area contributed by atoms with E-state index >= 15 is 0 Å². The zero-order valence-corrected chi connectivity index (χ0v) is 8.89. The molecule has 15 heavy (non-hydrogen) atoms. The van der Waals surface area contributed by atoms with Gasteiger partial charge in [-0.25, -0.2) is 0 Å². The van der Waals surface area contributed by atoms with Crippen molar-refractivity contribution in [2.75, 3.05) is 0 Å². The van der Waals surface area contributed by atoms with Gasteiger partial charge in [-0.15, -0.1) is 0 Å². The lowest BCUT2D eigenvalue weighted by atomic mass is 9.93. The Kier molecular flexibility index (Phi) is 4.31. The van der Waals surface area contributed by atoms with Crippen molar-refractivity contribution in [2.45, 2.75) is 25.9 Å². The molecule has 0 heterocycles. The third kappa shape index (κ3) is 4.13. The Labute approximate surface area is 89.9 Å². The molecule has 2 atom stereocenters. The number of carbonyl (C=O) groups excluding carboxylic acids is 1. The minimum absolute atomic E-state index is 0.285. The third-order valence-electron chi connectivity index (χ3n) is 2.35. The lowest BCUT2D eigenvalue weighted by Crippen LogP contribution is -2.28. The molecule has 3 nitrogen and oxygen atoms in total. The molecular formula is C12H17NO2. The van der Waals surface area contributed by atoms with Gasteiger partial charge in [0.2, 0.25) is 5.91 Å². The van der Waals surface area contributed by atoms with Crippen molar-refractivity contribution in [3.05, 3.63) is 35.9 Å². The molecule has 0 saturated carbocycles. The Bertz CT molecular complexity index is 309. The van der Waals surface area contributed by atoms with Crippen molar-refractivity contribution in [1.82, 2.24) is 0 Å². The molecule has 1 amide bonds. The van der Waals surface area contributed by atoms with Gasteiger partial charge >= 0.3 is 0 Å². The predicted molar refractivity (Wildman–Crippen MR) is 59.1 cm³/mol. The molecule has 2 unspecified atom stereocenters. The van der Waals surface area contributed by atoms with E-state index in [1.54, 1.807) is 6.92 Å². The van der Waals surface area contributed by atoms with Gasteiger partial charge in [0.25, 0.3) is 0 Å². The van der Waals surface area contributed by atoms with E-state index < -0.39 is 6.10 Å². The number of carbonyl (C=O) groups is 1. The minimum atomic E-state index is -0.494. The first kappa shape index (κ1) is 11.7. The number of amides is 1.